The van der Waals surface area contributed by atoms with Crippen LogP contribution in [0.4, 0.5) is 11.5 Å². The summed E-state index contributed by atoms with van der Waals surface area (Å²) in [5, 5.41) is 2.73. The lowest BCUT2D eigenvalue weighted by molar-refractivity contribution is 0.0602. The number of carbonyl (C=O) groups is 2. The number of anilines is 2. The number of carbonyl (C=O) groups excluding carboxylic acids is 2. The molecule has 2 aromatic rings. The minimum atomic E-state index is -0.508. The number of hydrogen-bond acceptors (Lipinski definition) is 6. The first-order valence-electron chi connectivity index (χ1n) is 8.64. The smallest absolute Gasteiger partial charge is 0.339 e. The second-order valence-electron chi connectivity index (χ2n) is 6.42. The van der Waals surface area contributed by atoms with Gasteiger partial charge in [-0.2, -0.15) is 0 Å². The molecule has 7 heteroatoms. The van der Waals surface area contributed by atoms with Crippen molar-refractivity contribution in [1.29, 1.82) is 0 Å². The van der Waals surface area contributed by atoms with E-state index in [2.05, 4.69) is 27.1 Å². The molecule has 0 unspecified atom stereocenters. The van der Waals surface area contributed by atoms with E-state index in [-0.39, 0.29) is 5.69 Å². The summed E-state index contributed by atoms with van der Waals surface area (Å²) in [4.78, 5) is 35.0. The summed E-state index contributed by atoms with van der Waals surface area (Å²) in [6.45, 7) is 4.09. The molecule has 1 fully saturated rings. The van der Waals surface area contributed by atoms with E-state index in [1.54, 1.807) is 30.3 Å². The maximum atomic E-state index is 12.6. The predicted molar refractivity (Wildman–Crippen MR) is 98.4 cm³/mol. The van der Waals surface area contributed by atoms with Gasteiger partial charge in [-0.15, -0.1) is 0 Å². The number of para-hydroxylation sites is 1. The molecule has 2 heterocycles. The van der Waals surface area contributed by atoms with E-state index >= 15 is 0 Å². The topological polar surface area (TPSA) is 84.4 Å². The highest BCUT2D eigenvalue weighted by atomic mass is 16.5. The maximum absolute atomic E-state index is 12.6. The van der Waals surface area contributed by atoms with Gasteiger partial charge in [-0.3, -0.25) is 4.79 Å². The number of benzene rings is 1. The van der Waals surface area contributed by atoms with Gasteiger partial charge in [0.1, 0.15) is 17.8 Å². The molecule has 1 aliphatic rings. The van der Waals surface area contributed by atoms with Crippen LogP contribution in [0, 0.1) is 5.92 Å². The number of nitrogens with one attached hydrogen (secondary N) is 1. The van der Waals surface area contributed by atoms with Crippen LogP contribution in [0.25, 0.3) is 0 Å². The summed E-state index contributed by atoms with van der Waals surface area (Å²) in [7, 11) is 1.30. The average molecular weight is 354 g/mol. The normalized spacial score (nSPS) is 14.8. The van der Waals surface area contributed by atoms with Crippen molar-refractivity contribution in [3.63, 3.8) is 0 Å². The molecule has 0 radical (unpaired) electrons. The fourth-order valence-electron chi connectivity index (χ4n) is 2.95. The third-order valence-corrected chi connectivity index (χ3v) is 4.57. The van der Waals surface area contributed by atoms with Gasteiger partial charge in [0.05, 0.1) is 18.4 Å². The molecule has 0 spiro atoms. The summed E-state index contributed by atoms with van der Waals surface area (Å²) < 4.78 is 4.75. The number of piperidine rings is 1. The molecule has 1 aromatic heterocycles. The Labute approximate surface area is 152 Å². The zero-order chi connectivity index (χ0) is 18.5. The van der Waals surface area contributed by atoms with Crippen molar-refractivity contribution in [2.24, 2.45) is 5.92 Å². The van der Waals surface area contributed by atoms with E-state index in [1.807, 2.05) is 0 Å². The number of rotatable bonds is 4. The molecular weight excluding hydrogens is 332 g/mol. The van der Waals surface area contributed by atoms with Crippen molar-refractivity contribution in [2.45, 2.75) is 19.8 Å². The van der Waals surface area contributed by atoms with Crippen LogP contribution in [0.1, 0.15) is 40.6 Å². The first-order chi connectivity index (χ1) is 12.6. The third-order valence-electron chi connectivity index (χ3n) is 4.57. The third kappa shape index (κ3) is 3.99. The fraction of sp³-hybridized carbons (Fsp3) is 0.368. The lowest BCUT2D eigenvalue weighted by atomic mass is 9.99. The highest BCUT2D eigenvalue weighted by Gasteiger charge is 2.19. The van der Waals surface area contributed by atoms with Crippen LogP contribution < -0.4 is 10.2 Å². The van der Waals surface area contributed by atoms with Gasteiger partial charge in [0.15, 0.2) is 0 Å². The number of hydrogen-bond donors (Lipinski definition) is 1. The van der Waals surface area contributed by atoms with Gasteiger partial charge >= 0.3 is 5.97 Å². The van der Waals surface area contributed by atoms with E-state index in [0.29, 0.717) is 17.2 Å². The Balaban J connectivity index is 1.77. The summed E-state index contributed by atoms with van der Waals surface area (Å²) in [5.41, 5.74) is 0.937. The number of nitrogens with zero attached hydrogens (tertiary/aromatic N) is 3. The van der Waals surface area contributed by atoms with Gasteiger partial charge in [-0.05, 0) is 30.9 Å². The predicted octanol–water partition coefficient (Wildman–Crippen LogP) is 2.75. The van der Waals surface area contributed by atoms with Crippen LogP contribution in [0.3, 0.4) is 0 Å². The van der Waals surface area contributed by atoms with Gasteiger partial charge in [0, 0.05) is 19.2 Å². The highest BCUT2D eigenvalue weighted by molar-refractivity contribution is 6.07. The molecule has 0 aliphatic carbocycles. The van der Waals surface area contributed by atoms with Crippen LogP contribution in [0.5, 0.6) is 0 Å². The molecule has 0 bridgehead atoms. The molecule has 0 atom stereocenters. The number of methoxy groups -OCH3 is 1. The summed E-state index contributed by atoms with van der Waals surface area (Å²) >= 11 is 0. The first-order valence-corrected chi connectivity index (χ1v) is 8.64. The molecule has 1 amide bonds. The largest absolute Gasteiger partial charge is 0.465 e. The monoisotopic (exact) mass is 354 g/mol. The molecule has 1 N–H and O–H groups in total. The fourth-order valence-corrected chi connectivity index (χ4v) is 2.95. The molecule has 1 aliphatic heterocycles. The van der Waals surface area contributed by atoms with Crippen LogP contribution >= 0.6 is 0 Å². The van der Waals surface area contributed by atoms with Gasteiger partial charge < -0.3 is 15.0 Å². The van der Waals surface area contributed by atoms with Crippen molar-refractivity contribution in [3.05, 3.63) is 47.9 Å². The lowest BCUT2D eigenvalue weighted by Gasteiger charge is -2.31. The molecule has 1 saturated heterocycles. The summed E-state index contributed by atoms with van der Waals surface area (Å²) in [5.74, 6) is 0.561. The lowest BCUT2D eigenvalue weighted by Crippen LogP contribution is -2.33. The zero-order valence-electron chi connectivity index (χ0n) is 14.9. The molecule has 0 saturated carbocycles. The minimum absolute atomic E-state index is 0.258. The standard InChI is InChI=1S/C19H22N4O3/c1-13-7-9-23(10-8-13)17-11-16(20-12-21-17)18(24)22-15-6-4-3-5-14(15)19(25)26-2/h3-6,11-13H,7-10H2,1-2H3,(H,22,24). The van der Waals surface area contributed by atoms with Crippen molar-refractivity contribution in [2.75, 3.05) is 30.4 Å². The molecule has 26 heavy (non-hydrogen) atoms. The summed E-state index contributed by atoms with van der Waals surface area (Å²) in [6.07, 6.45) is 3.62. The van der Waals surface area contributed by atoms with Crippen molar-refractivity contribution in [1.82, 2.24) is 9.97 Å². The molecule has 7 nitrogen and oxygen atoms in total. The van der Waals surface area contributed by atoms with E-state index in [1.165, 1.54) is 13.4 Å². The van der Waals surface area contributed by atoms with Gasteiger partial charge in [0.25, 0.3) is 5.91 Å². The summed E-state index contributed by atoms with van der Waals surface area (Å²) in [6, 6.07) is 8.39. The number of ether oxygens (including phenoxy) is 1. The SMILES string of the molecule is COC(=O)c1ccccc1NC(=O)c1cc(N2CCC(C)CC2)ncn1. The van der Waals surface area contributed by atoms with Crippen molar-refractivity contribution in [3.8, 4) is 0 Å². The molecule has 1 aromatic carbocycles. The highest BCUT2D eigenvalue weighted by Crippen LogP contribution is 2.22. The zero-order valence-corrected chi connectivity index (χ0v) is 14.9. The quantitative estimate of drug-likeness (QED) is 0.850. The Morgan fingerprint density at radius 3 is 2.65 bits per heavy atom. The Morgan fingerprint density at radius 1 is 1.19 bits per heavy atom. The Bertz CT molecular complexity index is 801. The molecular formula is C19H22N4O3. The second kappa shape index (κ2) is 7.95. The maximum Gasteiger partial charge on any atom is 0.339 e. The first kappa shape index (κ1) is 17.8. The van der Waals surface area contributed by atoms with E-state index < -0.39 is 11.9 Å². The number of amides is 1. The van der Waals surface area contributed by atoms with Gasteiger partial charge in [0.2, 0.25) is 0 Å². The second-order valence-corrected chi connectivity index (χ2v) is 6.42. The van der Waals surface area contributed by atoms with Crippen LogP contribution in [0.15, 0.2) is 36.7 Å². The van der Waals surface area contributed by atoms with Gasteiger partial charge in [-0.1, -0.05) is 19.1 Å². The Morgan fingerprint density at radius 2 is 1.92 bits per heavy atom. The average Bonchev–Trinajstić information content (AvgIpc) is 2.68. The van der Waals surface area contributed by atoms with Crippen molar-refractivity contribution >= 4 is 23.4 Å². The van der Waals surface area contributed by atoms with Crippen LogP contribution in [0.2, 0.25) is 0 Å². The molecule has 136 valence electrons. The number of aromatic nitrogens is 2. The molecule has 3 rings (SSSR count). The minimum Gasteiger partial charge on any atom is -0.465 e. The van der Waals surface area contributed by atoms with Crippen LogP contribution in [-0.4, -0.2) is 42.0 Å². The van der Waals surface area contributed by atoms with Crippen LogP contribution in [-0.2, 0) is 4.74 Å². The van der Waals surface area contributed by atoms with E-state index in [9.17, 15) is 9.59 Å². The van der Waals surface area contributed by atoms with E-state index in [0.717, 1.165) is 31.7 Å². The van der Waals surface area contributed by atoms with Gasteiger partial charge in [-0.25, -0.2) is 14.8 Å². The van der Waals surface area contributed by atoms with E-state index in [4.69, 9.17) is 4.74 Å². The Kier molecular flexibility index (Phi) is 5.46. The number of esters is 1. The Hall–Kier alpha value is -2.96. The van der Waals surface area contributed by atoms with Crippen molar-refractivity contribution < 1.29 is 14.3 Å².